The zero-order valence-corrected chi connectivity index (χ0v) is 12.5. The van der Waals surface area contributed by atoms with Crippen molar-refractivity contribution in [2.45, 2.75) is 12.8 Å². The topological polar surface area (TPSA) is 12.5 Å². The minimum atomic E-state index is 0.391. The molecule has 2 heterocycles. The predicted octanol–water partition coefficient (Wildman–Crippen LogP) is 4.21. The van der Waals surface area contributed by atoms with Crippen LogP contribution >= 0.6 is 0 Å². The molecule has 106 valence electrons. The minimum Gasteiger partial charge on any atom is -0.456 e. The lowest BCUT2D eigenvalue weighted by atomic mass is 9.83. The van der Waals surface area contributed by atoms with Crippen molar-refractivity contribution in [1.29, 1.82) is 0 Å². The summed E-state index contributed by atoms with van der Waals surface area (Å²) in [5.41, 5.74) is 5.17. The van der Waals surface area contributed by atoms with Gasteiger partial charge >= 0.3 is 0 Å². The van der Waals surface area contributed by atoms with Crippen LogP contribution < -0.4 is 4.74 Å². The molecular weight excluding hydrogens is 258 g/mol. The molecule has 0 saturated heterocycles. The number of likely N-dealkylation sites (N-methyl/N-ethyl adjacent to an activating group) is 1. The Hall–Kier alpha value is -2.06. The fraction of sp³-hybridized carbons (Fsp3) is 0.263. The quantitative estimate of drug-likeness (QED) is 0.715. The van der Waals surface area contributed by atoms with Crippen LogP contribution in [0.3, 0.4) is 0 Å². The lowest BCUT2D eigenvalue weighted by Gasteiger charge is -2.30. The molecule has 0 spiro atoms. The Balaban J connectivity index is 2.00. The van der Waals surface area contributed by atoms with Gasteiger partial charge in [0.15, 0.2) is 0 Å². The normalized spacial score (nSPS) is 20.5. The molecule has 4 rings (SSSR count). The van der Waals surface area contributed by atoms with Crippen LogP contribution in [-0.4, -0.2) is 25.0 Å². The van der Waals surface area contributed by atoms with Gasteiger partial charge in [0.1, 0.15) is 11.5 Å². The Morgan fingerprint density at radius 2 is 1.95 bits per heavy atom. The van der Waals surface area contributed by atoms with Gasteiger partial charge in [0, 0.05) is 30.1 Å². The molecule has 0 bridgehead atoms. The van der Waals surface area contributed by atoms with Crippen LogP contribution in [0, 0.1) is 6.92 Å². The molecule has 2 aliphatic rings. The number of aryl methyl sites for hydroxylation is 1. The first kappa shape index (κ1) is 12.7. The fourth-order valence-corrected chi connectivity index (χ4v) is 3.44. The second kappa shape index (κ2) is 4.74. The number of nitrogens with zero attached hydrogens (tertiary/aromatic N) is 1. The third-order valence-electron chi connectivity index (χ3n) is 4.52. The van der Waals surface area contributed by atoms with Crippen molar-refractivity contribution in [3.8, 4) is 11.5 Å². The van der Waals surface area contributed by atoms with E-state index in [9.17, 15) is 0 Å². The van der Waals surface area contributed by atoms with Crippen LogP contribution in [0.15, 0.2) is 48.5 Å². The Morgan fingerprint density at radius 3 is 2.86 bits per heavy atom. The van der Waals surface area contributed by atoms with Crippen molar-refractivity contribution in [2.75, 3.05) is 20.1 Å². The first-order valence-electron chi connectivity index (χ1n) is 7.49. The zero-order valence-electron chi connectivity index (χ0n) is 12.5. The van der Waals surface area contributed by atoms with Crippen molar-refractivity contribution in [2.24, 2.45) is 0 Å². The highest BCUT2D eigenvalue weighted by atomic mass is 16.5. The Morgan fingerprint density at radius 1 is 1.10 bits per heavy atom. The molecule has 2 aliphatic heterocycles. The van der Waals surface area contributed by atoms with Crippen LogP contribution in [0.25, 0.3) is 5.57 Å². The fourth-order valence-electron chi connectivity index (χ4n) is 3.44. The number of benzene rings is 2. The molecule has 0 radical (unpaired) electrons. The van der Waals surface area contributed by atoms with E-state index in [2.05, 4.69) is 61.3 Å². The SMILES string of the molecule is Cc1cccc2c1Oc1ccccc1C1=CCN(C)CC12. The Kier molecular flexibility index (Phi) is 2.86. The first-order chi connectivity index (χ1) is 10.2. The van der Waals surface area contributed by atoms with Gasteiger partial charge in [-0.05, 0) is 31.2 Å². The largest absolute Gasteiger partial charge is 0.456 e. The summed E-state index contributed by atoms with van der Waals surface area (Å²) in [5, 5.41) is 0. The number of ether oxygens (including phenoxy) is 1. The maximum absolute atomic E-state index is 6.30. The summed E-state index contributed by atoms with van der Waals surface area (Å²) >= 11 is 0. The lowest BCUT2D eigenvalue weighted by molar-refractivity contribution is 0.350. The number of hydrogen-bond acceptors (Lipinski definition) is 2. The lowest BCUT2D eigenvalue weighted by Crippen LogP contribution is -2.29. The van der Waals surface area contributed by atoms with Crippen molar-refractivity contribution >= 4 is 5.57 Å². The van der Waals surface area contributed by atoms with Crippen molar-refractivity contribution in [3.05, 3.63) is 65.2 Å². The molecule has 0 aliphatic carbocycles. The molecular formula is C19H19NO. The van der Waals surface area contributed by atoms with Gasteiger partial charge in [-0.3, -0.25) is 0 Å². The summed E-state index contributed by atoms with van der Waals surface area (Å²) in [4.78, 5) is 2.37. The number of hydrogen-bond donors (Lipinski definition) is 0. The van der Waals surface area contributed by atoms with Gasteiger partial charge in [-0.15, -0.1) is 0 Å². The van der Waals surface area contributed by atoms with Crippen LogP contribution in [-0.2, 0) is 0 Å². The van der Waals surface area contributed by atoms with Gasteiger partial charge in [-0.1, -0.05) is 42.5 Å². The summed E-state index contributed by atoms with van der Waals surface area (Å²) in [5.74, 6) is 2.40. The van der Waals surface area contributed by atoms with E-state index in [0.29, 0.717) is 5.92 Å². The van der Waals surface area contributed by atoms with E-state index >= 15 is 0 Å². The Labute approximate surface area is 125 Å². The van der Waals surface area contributed by atoms with E-state index in [1.54, 1.807) is 0 Å². The molecule has 21 heavy (non-hydrogen) atoms. The van der Waals surface area contributed by atoms with Crippen molar-refractivity contribution in [1.82, 2.24) is 4.90 Å². The van der Waals surface area contributed by atoms with Crippen LogP contribution in [0.4, 0.5) is 0 Å². The minimum absolute atomic E-state index is 0.391. The summed E-state index contributed by atoms with van der Waals surface area (Å²) in [6.45, 7) is 4.17. The second-order valence-corrected chi connectivity index (χ2v) is 6.02. The highest BCUT2D eigenvalue weighted by Gasteiger charge is 2.31. The van der Waals surface area contributed by atoms with Gasteiger partial charge in [-0.2, -0.15) is 0 Å². The van der Waals surface area contributed by atoms with E-state index in [1.807, 2.05) is 6.07 Å². The molecule has 0 fully saturated rings. The summed E-state index contributed by atoms with van der Waals surface area (Å²) in [7, 11) is 2.18. The Bertz CT molecular complexity index is 732. The van der Waals surface area contributed by atoms with Gasteiger partial charge in [0.2, 0.25) is 0 Å². The highest BCUT2D eigenvalue weighted by Crippen LogP contribution is 2.47. The number of rotatable bonds is 0. The van der Waals surface area contributed by atoms with Gasteiger partial charge in [0.25, 0.3) is 0 Å². The second-order valence-electron chi connectivity index (χ2n) is 6.02. The monoisotopic (exact) mass is 277 g/mol. The summed E-state index contributed by atoms with van der Waals surface area (Å²) in [6.07, 6.45) is 2.35. The van der Waals surface area contributed by atoms with Crippen LogP contribution in [0.1, 0.15) is 22.6 Å². The average molecular weight is 277 g/mol. The maximum atomic E-state index is 6.30. The molecule has 0 N–H and O–H groups in total. The van der Waals surface area contributed by atoms with Crippen molar-refractivity contribution in [3.63, 3.8) is 0 Å². The summed E-state index contributed by atoms with van der Waals surface area (Å²) in [6, 6.07) is 14.9. The molecule has 2 heteroatoms. The van der Waals surface area contributed by atoms with Crippen LogP contribution in [0.2, 0.25) is 0 Å². The smallest absolute Gasteiger partial charge is 0.134 e. The molecule has 0 amide bonds. The zero-order chi connectivity index (χ0) is 14.4. The predicted molar refractivity (Wildman–Crippen MR) is 85.9 cm³/mol. The van der Waals surface area contributed by atoms with Gasteiger partial charge in [-0.25, -0.2) is 0 Å². The van der Waals surface area contributed by atoms with E-state index in [1.165, 1.54) is 22.3 Å². The van der Waals surface area contributed by atoms with Gasteiger partial charge in [0.05, 0.1) is 0 Å². The molecule has 1 atom stereocenters. The van der Waals surface area contributed by atoms with Gasteiger partial charge < -0.3 is 9.64 Å². The van der Waals surface area contributed by atoms with E-state index in [-0.39, 0.29) is 0 Å². The molecule has 1 unspecified atom stereocenters. The van der Waals surface area contributed by atoms with Crippen LogP contribution in [0.5, 0.6) is 11.5 Å². The highest BCUT2D eigenvalue weighted by molar-refractivity contribution is 5.79. The van der Waals surface area contributed by atoms with E-state index in [0.717, 1.165) is 24.6 Å². The number of fused-ring (bicyclic) bond motifs is 5. The van der Waals surface area contributed by atoms with E-state index < -0.39 is 0 Å². The molecule has 2 aromatic rings. The average Bonchev–Trinajstić information content (AvgIpc) is 2.63. The van der Waals surface area contributed by atoms with Crippen molar-refractivity contribution < 1.29 is 4.74 Å². The third kappa shape index (κ3) is 1.98. The maximum Gasteiger partial charge on any atom is 0.134 e. The molecule has 2 nitrogen and oxygen atoms in total. The molecule has 0 saturated carbocycles. The van der Waals surface area contributed by atoms with E-state index in [4.69, 9.17) is 4.74 Å². The standard InChI is InChI=1S/C19H19NO/c1-13-6-5-8-16-17-12-20(2)11-10-14(17)15-7-3-4-9-18(15)21-19(13)16/h3-10,17H,11-12H2,1-2H3. The summed E-state index contributed by atoms with van der Waals surface area (Å²) < 4.78 is 6.30. The third-order valence-corrected chi connectivity index (χ3v) is 4.52. The first-order valence-corrected chi connectivity index (χ1v) is 7.49. The molecule has 2 aromatic carbocycles. The molecule has 0 aromatic heterocycles. The number of para-hydroxylation sites is 2.